The molecule has 2 aromatic rings. The molecule has 0 saturated heterocycles. The van der Waals surface area contributed by atoms with E-state index >= 15 is 0 Å². The highest BCUT2D eigenvalue weighted by Crippen LogP contribution is 2.23. The van der Waals surface area contributed by atoms with Gasteiger partial charge < -0.3 is 15.2 Å². The Labute approximate surface area is 118 Å². The third kappa shape index (κ3) is 3.68. The summed E-state index contributed by atoms with van der Waals surface area (Å²) in [6.45, 7) is 4.81. The smallest absolute Gasteiger partial charge is 0.226 e. The molecule has 0 unspecified atom stereocenters. The average molecular weight is 273 g/mol. The van der Waals surface area contributed by atoms with Gasteiger partial charge in [-0.2, -0.15) is 4.98 Å². The first kappa shape index (κ1) is 14.3. The van der Waals surface area contributed by atoms with Crippen LogP contribution in [0.1, 0.15) is 18.1 Å². The predicted octanol–water partition coefficient (Wildman–Crippen LogP) is 2.54. The number of nitrogens with one attached hydrogen (secondary N) is 1. The number of rotatable bonds is 6. The first-order valence-corrected chi connectivity index (χ1v) is 6.68. The quantitative estimate of drug-likeness (QED) is 0.846. The summed E-state index contributed by atoms with van der Waals surface area (Å²) in [6, 6.07) is 7.62. The van der Waals surface area contributed by atoms with E-state index < -0.39 is 0 Å². The maximum Gasteiger partial charge on any atom is 0.226 e. The second kappa shape index (κ2) is 6.86. The number of aliphatic hydroxyl groups excluding tert-OH is 1. The Kier molecular flexibility index (Phi) is 4.90. The molecule has 5 nitrogen and oxygen atoms in total. The number of anilines is 1. The number of benzene rings is 1. The molecule has 0 aliphatic carbocycles. The van der Waals surface area contributed by atoms with E-state index in [1.165, 1.54) is 0 Å². The van der Waals surface area contributed by atoms with Crippen molar-refractivity contribution in [2.24, 2.45) is 0 Å². The molecular weight excluding hydrogens is 254 g/mol. The summed E-state index contributed by atoms with van der Waals surface area (Å²) in [5, 5.41) is 11.9. The Hall–Kier alpha value is -2.14. The molecule has 0 bridgehead atoms. The molecule has 5 heteroatoms. The van der Waals surface area contributed by atoms with E-state index in [0.29, 0.717) is 18.2 Å². The Morgan fingerprint density at radius 1 is 1.25 bits per heavy atom. The van der Waals surface area contributed by atoms with Gasteiger partial charge in [-0.05, 0) is 38.0 Å². The van der Waals surface area contributed by atoms with E-state index in [1.54, 1.807) is 6.20 Å². The third-order valence-electron chi connectivity index (χ3n) is 2.80. The van der Waals surface area contributed by atoms with E-state index in [1.807, 2.05) is 38.1 Å². The van der Waals surface area contributed by atoms with Crippen LogP contribution in [0.5, 0.6) is 11.6 Å². The zero-order valence-corrected chi connectivity index (χ0v) is 11.8. The second-order valence-electron chi connectivity index (χ2n) is 4.43. The molecule has 2 rings (SSSR count). The molecule has 2 N–H and O–H groups in total. The lowest BCUT2D eigenvalue weighted by molar-refractivity contribution is 0.299. The van der Waals surface area contributed by atoms with Crippen molar-refractivity contribution in [1.29, 1.82) is 0 Å². The Balaban J connectivity index is 2.14. The molecule has 1 heterocycles. The van der Waals surface area contributed by atoms with Crippen molar-refractivity contribution in [2.75, 3.05) is 18.5 Å². The number of hydrogen-bond acceptors (Lipinski definition) is 5. The van der Waals surface area contributed by atoms with E-state index in [2.05, 4.69) is 15.3 Å². The van der Waals surface area contributed by atoms with Gasteiger partial charge in [0.2, 0.25) is 11.8 Å². The van der Waals surface area contributed by atoms with Crippen LogP contribution in [0.2, 0.25) is 0 Å². The summed E-state index contributed by atoms with van der Waals surface area (Å²) >= 11 is 0. The highest BCUT2D eigenvalue weighted by Gasteiger charge is 2.06. The Morgan fingerprint density at radius 2 is 2.00 bits per heavy atom. The van der Waals surface area contributed by atoms with E-state index in [9.17, 15) is 0 Å². The summed E-state index contributed by atoms with van der Waals surface area (Å²) in [5.41, 5.74) is 1.96. The molecule has 0 amide bonds. The summed E-state index contributed by atoms with van der Waals surface area (Å²) in [6.07, 6.45) is 2.39. The normalized spacial score (nSPS) is 10.3. The number of aliphatic hydroxyl groups is 1. The van der Waals surface area contributed by atoms with Gasteiger partial charge in [0, 0.05) is 24.9 Å². The number of aromatic nitrogens is 2. The van der Waals surface area contributed by atoms with Crippen molar-refractivity contribution in [3.8, 4) is 11.6 Å². The minimum absolute atomic E-state index is 0.150. The highest BCUT2D eigenvalue weighted by atomic mass is 16.5. The van der Waals surface area contributed by atoms with Gasteiger partial charge in [0.1, 0.15) is 5.75 Å². The van der Waals surface area contributed by atoms with Gasteiger partial charge in [0.15, 0.2) is 0 Å². The Morgan fingerprint density at radius 3 is 2.65 bits per heavy atom. The van der Waals surface area contributed by atoms with Gasteiger partial charge in [-0.1, -0.05) is 12.1 Å². The fraction of sp³-hybridized carbons (Fsp3) is 0.333. The average Bonchev–Trinajstić information content (AvgIpc) is 2.45. The van der Waals surface area contributed by atoms with Crippen LogP contribution in [-0.4, -0.2) is 28.2 Å². The minimum atomic E-state index is 0.150. The fourth-order valence-corrected chi connectivity index (χ4v) is 1.74. The van der Waals surface area contributed by atoms with E-state index in [0.717, 1.165) is 23.4 Å². The van der Waals surface area contributed by atoms with Crippen molar-refractivity contribution >= 4 is 5.95 Å². The lowest BCUT2D eigenvalue weighted by atomic mass is 10.1. The van der Waals surface area contributed by atoms with Crippen molar-refractivity contribution in [1.82, 2.24) is 9.97 Å². The first-order valence-electron chi connectivity index (χ1n) is 6.68. The SMILES string of the molecule is CCNc1ncc(C)c(Oc2ccc(CCO)cc2)n1. The van der Waals surface area contributed by atoms with Gasteiger partial charge >= 0.3 is 0 Å². The molecule has 0 aliphatic heterocycles. The van der Waals surface area contributed by atoms with Crippen LogP contribution in [0.15, 0.2) is 30.5 Å². The molecule has 0 saturated carbocycles. The maximum absolute atomic E-state index is 8.89. The van der Waals surface area contributed by atoms with Crippen LogP contribution in [0.4, 0.5) is 5.95 Å². The fourth-order valence-electron chi connectivity index (χ4n) is 1.74. The summed E-state index contributed by atoms with van der Waals surface area (Å²) in [4.78, 5) is 8.51. The third-order valence-corrected chi connectivity index (χ3v) is 2.80. The Bertz CT molecular complexity index is 556. The summed E-state index contributed by atoms with van der Waals surface area (Å²) < 4.78 is 5.78. The van der Waals surface area contributed by atoms with Gasteiger partial charge in [0.25, 0.3) is 0 Å². The zero-order chi connectivity index (χ0) is 14.4. The molecule has 1 aromatic heterocycles. The van der Waals surface area contributed by atoms with Crippen molar-refractivity contribution < 1.29 is 9.84 Å². The highest BCUT2D eigenvalue weighted by molar-refractivity contribution is 5.36. The number of aryl methyl sites for hydroxylation is 1. The molecule has 0 fully saturated rings. The largest absolute Gasteiger partial charge is 0.439 e. The number of hydrogen-bond donors (Lipinski definition) is 2. The maximum atomic E-state index is 8.89. The lowest BCUT2D eigenvalue weighted by Crippen LogP contribution is -2.03. The number of nitrogens with zero attached hydrogens (tertiary/aromatic N) is 2. The van der Waals surface area contributed by atoms with Gasteiger partial charge in [-0.3, -0.25) is 0 Å². The van der Waals surface area contributed by atoms with Crippen molar-refractivity contribution in [3.05, 3.63) is 41.6 Å². The summed E-state index contributed by atoms with van der Waals surface area (Å²) in [5.74, 6) is 1.83. The molecule has 20 heavy (non-hydrogen) atoms. The molecule has 0 aliphatic rings. The van der Waals surface area contributed by atoms with Crippen LogP contribution >= 0.6 is 0 Å². The topological polar surface area (TPSA) is 67.3 Å². The zero-order valence-electron chi connectivity index (χ0n) is 11.8. The van der Waals surface area contributed by atoms with Crippen LogP contribution < -0.4 is 10.1 Å². The molecule has 1 aromatic carbocycles. The van der Waals surface area contributed by atoms with Gasteiger partial charge in [-0.15, -0.1) is 0 Å². The van der Waals surface area contributed by atoms with Crippen LogP contribution in [-0.2, 0) is 6.42 Å². The number of ether oxygens (including phenoxy) is 1. The minimum Gasteiger partial charge on any atom is -0.439 e. The molecule has 106 valence electrons. The molecule has 0 spiro atoms. The summed E-state index contributed by atoms with van der Waals surface area (Å²) in [7, 11) is 0. The van der Waals surface area contributed by atoms with Gasteiger partial charge in [0.05, 0.1) is 0 Å². The van der Waals surface area contributed by atoms with Crippen LogP contribution in [0, 0.1) is 6.92 Å². The molecule has 0 radical (unpaired) electrons. The van der Waals surface area contributed by atoms with E-state index in [-0.39, 0.29) is 6.61 Å². The van der Waals surface area contributed by atoms with Crippen molar-refractivity contribution in [3.63, 3.8) is 0 Å². The van der Waals surface area contributed by atoms with Crippen LogP contribution in [0.3, 0.4) is 0 Å². The standard InChI is InChI=1S/C15H19N3O2/c1-3-16-15-17-10-11(2)14(18-15)20-13-6-4-12(5-7-13)8-9-19/h4-7,10,19H,3,8-9H2,1-2H3,(H,16,17,18). The predicted molar refractivity (Wildman–Crippen MR) is 78.2 cm³/mol. The monoisotopic (exact) mass is 273 g/mol. The lowest BCUT2D eigenvalue weighted by Gasteiger charge is -2.09. The second-order valence-corrected chi connectivity index (χ2v) is 4.43. The van der Waals surface area contributed by atoms with Crippen molar-refractivity contribution in [2.45, 2.75) is 20.3 Å². The molecular formula is C15H19N3O2. The van der Waals surface area contributed by atoms with Gasteiger partial charge in [-0.25, -0.2) is 4.98 Å². The van der Waals surface area contributed by atoms with Crippen LogP contribution in [0.25, 0.3) is 0 Å². The molecule has 0 atom stereocenters. The van der Waals surface area contributed by atoms with E-state index in [4.69, 9.17) is 9.84 Å². The first-order chi connectivity index (χ1) is 9.72.